The van der Waals surface area contributed by atoms with E-state index in [1.807, 2.05) is 45.6 Å². The number of fused-ring (bicyclic) bond motifs is 1. The van der Waals surface area contributed by atoms with Gasteiger partial charge in [0.25, 0.3) is 11.8 Å². The number of nitrogens with zero attached hydrogens (tertiary/aromatic N) is 4. The van der Waals surface area contributed by atoms with Gasteiger partial charge >= 0.3 is 5.97 Å². The molecule has 1 N–H and O–H groups in total. The highest BCUT2D eigenvalue weighted by atomic mass is 16.6. The van der Waals surface area contributed by atoms with Crippen LogP contribution in [-0.4, -0.2) is 40.9 Å². The molecule has 0 unspecified atom stereocenters. The smallest absolute Gasteiger partial charge is 0.307 e. The molecule has 37 heavy (non-hydrogen) atoms. The van der Waals surface area contributed by atoms with E-state index in [0.717, 1.165) is 24.2 Å². The van der Waals surface area contributed by atoms with Crippen LogP contribution in [0.2, 0.25) is 0 Å². The normalized spacial score (nSPS) is 12.9. The van der Waals surface area contributed by atoms with Gasteiger partial charge in [-0.1, -0.05) is 12.1 Å². The molecule has 2 heterocycles. The predicted molar refractivity (Wildman–Crippen MR) is 140 cm³/mol. The number of hydrogen-bond donors (Lipinski definition) is 1. The molecule has 9 heteroatoms. The molecule has 2 aromatic carbocycles. The molecular formula is C28H33N5O4. The van der Waals surface area contributed by atoms with Crippen LogP contribution in [0.15, 0.2) is 40.9 Å². The number of aromatic nitrogens is 2. The third-order valence-electron chi connectivity index (χ3n) is 5.66. The lowest BCUT2D eigenvalue weighted by atomic mass is 10.1. The lowest BCUT2D eigenvalue weighted by Gasteiger charge is -2.19. The van der Waals surface area contributed by atoms with Crippen LogP contribution in [0.1, 0.15) is 57.7 Å². The fourth-order valence-electron chi connectivity index (χ4n) is 4.14. The van der Waals surface area contributed by atoms with Gasteiger partial charge in [0.15, 0.2) is 0 Å². The first-order chi connectivity index (χ1) is 17.6. The maximum atomic E-state index is 11.9. The Hall–Kier alpha value is -3.90. The van der Waals surface area contributed by atoms with Crippen molar-refractivity contribution in [1.29, 1.82) is 5.26 Å². The van der Waals surface area contributed by atoms with Crippen LogP contribution in [0.4, 0.5) is 11.6 Å². The molecule has 0 fully saturated rings. The van der Waals surface area contributed by atoms with Gasteiger partial charge in [-0.25, -0.2) is 0 Å². The van der Waals surface area contributed by atoms with E-state index in [2.05, 4.69) is 39.7 Å². The fourth-order valence-corrected chi connectivity index (χ4v) is 4.14. The molecule has 1 aromatic heterocycles. The van der Waals surface area contributed by atoms with Crippen molar-refractivity contribution in [2.45, 2.75) is 65.7 Å². The Kier molecular flexibility index (Phi) is 7.79. The first kappa shape index (κ1) is 26.2. The zero-order valence-electron chi connectivity index (χ0n) is 22.0. The number of nitriles is 1. The largest absolute Gasteiger partial charge is 0.490 e. The van der Waals surface area contributed by atoms with Crippen LogP contribution in [0.5, 0.6) is 5.75 Å². The van der Waals surface area contributed by atoms with Crippen molar-refractivity contribution in [3.05, 3.63) is 53.1 Å². The van der Waals surface area contributed by atoms with Gasteiger partial charge in [-0.3, -0.25) is 4.79 Å². The number of hydrogen-bond acceptors (Lipinski definition) is 9. The Bertz CT molecular complexity index is 1300. The van der Waals surface area contributed by atoms with Gasteiger partial charge in [-0.05, 0) is 81.6 Å². The summed E-state index contributed by atoms with van der Waals surface area (Å²) in [4.78, 5) is 18.5. The van der Waals surface area contributed by atoms with Gasteiger partial charge in [0.2, 0.25) is 0 Å². The Morgan fingerprint density at radius 3 is 2.78 bits per heavy atom. The van der Waals surface area contributed by atoms with E-state index in [1.165, 1.54) is 5.56 Å². The summed E-state index contributed by atoms with van der Waals surface area (Å²) < 4.78 is 16.6. The van der Waals surface area contributed by atoms with Crippen LogP contribution in [0.25, 0.3) is 11.5 Å². The monoisotopic (exact) mass is 503 g/mol. The summed E-state index contributed by atoms with van der Waals surface area (Å²) in [7, 11) is 0. The molecule has 9 nitrogen and oxygen atoms in total. The standard InChI is InChI=1S/C28H33N5O4/c1-18(2)35-24-9-7-21(15-22(24)16-29)26-31-27(32-37-26)33-13-11-20-14-19(6-8-23(20)33)17-30-12-10-25(34)36-28(3,4)5/h6-9,14-15,18,30H,10-13,17H2,1-5H3. The second kappa shape index (κ2) is 11.0. The Morgan fingerprint density at radius 1 is 1.24 bits per heavy atom. The van der Waals surface area contributed by atoms with E-state index in [-0.39, 0.29) is 12.1 Å². The number of anilines is 2. The van der Waals surface area contributed by atoms with Gasteiger partial charge < -0.3 is 24.2 Å². The summed E-state index contributed by atoms with van der Waals surface area (Å²) in [6.45, 7) is 11.4. The SMILES string of the molecule is CC(C)Oc1ccc(-c2nc(N3CCc4cc(CNCCC(=O)OC(C)(C)C)ccc43)no2)cc1C#N. The average molecular weight is 504 g/mol. The first-order valence-electron chi connectivity index (χ1n) is 12.5. The van der Waals surface area contributed by atoms with Crippen LogP contribution in [0.3, 0.4) is 0 Å². The summed E-state index contributed by atoms with van der Waals surface area (Å²) in [6.07, 6.45) is 1.17. The molecule has 0 saturated heterocycles. The highest BCUT2D eigenvalue weighted by Crippen LogP contribution is 2.35. The first-order valence-corrected chi connectivity index (χ1v) is 12.5. The van der Waals surface area contributed by atoms with Gasteiger partial charge in [0.1, 0.15) is 17.4 Å². The third-order valence-corrected chi connectivity index (χ3v) is 5.66. The minimum Gasteiger partial charge on any atom is -0.490 e. The summed E-state index contributed by atoms with van der Waals surface area (Å²) in [5.74, 6) is 1.16. The van der Waals surface area contributed by atoms with Crippen molar-refractivity contribution in [1.82, 2.24) is 15.5 Å². The number of rotatable bonds is 9. The molecule has 1 aliphatic rings. The highest BCUT2D eigenvalue weighted by Gasteiger charge is 2.25. The fraction of sp³-hybridized carbons (Fsp3) is 0.429. The summed E-state index contributed by atoms with van der Waals surface area (Å²) in [6, 6.07) is 13.7. The van der Waals surface area contributed by atoms with E-state index < -0.39 is 5.60 Å². The maximum Gasteiger partial charge on any atom is 0.307 e. The number of ether oxygens (including phenoxy) is 2. The van der Waals surface area contributed by atoms with Crippen LogP contribution in [-0.2, 0) is 22.5 Å². The second-order valence-electron chi connectivity index (χ2n) is 10.3. The lowest BCUT2D eigenvalue weighted by molar-refractivity contribution is -0.154. The molecule has 3 aromatic rings. The number of carbonyl (C=O) groups excluding carboxylic acids is 1. The summed E-state index contributed by atoms with van der Waals surface area (Å²) in [5, 5.41) is 17.0. The second-order valence-corrected chi connectivity index (χ2v) is 10.3. The van der Waals surface area contributed by atoms with Crippen LogP contribution < -0.4 is 15.0 Å². The summed E-state index contributed by atoms with van der Waals surface area (Å²) >= 11 is 0. The minimum atomic E-state index is -0.463. The molecule has 0 saturated carbocycles. The average Bonchev–Trinajstić information content (AvgIpc) is 3.47. The lowest BCUT2D eigenvalue weighted by Crippen LogP contribution is -2.26. The zero-order chi connectivity index (χ0) is 26.6. The Balaban J connectivity index is 1.39. The number of esters is 1. The summed E-state index contributed by atoms with van der Waals surface area (Å²) in [5.41, 5.74) is 4.02. The van der Waals surface area contributed by atoms with E-state index in [4.69, 9.17) is 14.0 Å². The molecule has 4 rings (SSSR count). The molecule has 194 valence electrons. The highest BCUT2D eigenvalue weighted by molar-refractivity contribution is 5.70. The van der Waals surface area contributed by atoms with Crippen molar-refractivity contribution in [3.8, 4) is 23.3 Å². The van der Waals surface area contributed by atoms with Gasteiger partial charge in [-0.2, -0.15) is 10.2 Å². The van der Waals surface area contributed by atoms with E-state index in [9.17, 15) is 10.1 Å². The predicted octanol–water partition coefficient (Wildman–Crippen LogP) is 4.91. The van der Waals surface area contributed by atoms with Crippen molar-refractivity contribution in [3.63, 3.8) is 0 Å². The van der Waals surface area contributed by atoms with Crippen molar-refractivity contribution >= 4 is 17.6 Å². The topological polar surface area (TPSA) is 114 Å². The third kappa shape index (κ3) is 6.66. The Labute approximate surface area is 217 Å². The number of benzene rings is 2. The number of nitrogens with one attached hydrogen (secondary N) is 1. The van der Waals surface area contributed by atoms with Crippen LogP contribution in [0, 0.1) is 11.3 Å². The van der Waals surface area contributed by atoms with E-state index in [0.29, 0.717) is 48.2 Å². The number of carbonyl (C=O) groups is 1. The molecule has 0 amide bonds. The van der Waals surface area contributed by atoms with Gasteiger partial charge in [-0.15, -0.1) is 0 Å². The van der Waals surface area contributed by atoms with E-state index in [1.54, 1.807) is 12.1 Å². The van der Waals surface area contributed by atoms with Crippen molar-refractivity contribution < 1.29 is 18.8 Å². The molecule has 1 aliphatic heterocycles. The van der Waals surface area contributed by atoms with Gasteiger partial charge in [0, 0.05) is 30.9 Å². The molecule has 0 radical (unpaired) electrons. The van der Waals surface area contributed by atoms with Crippen LogP contribution >= 0.6 is 0 Å². The molecular weight excluding hydrogens is 470 g/mol. The quantitative estimate of drug-likeness (QED) is 0.321. The maximum absolute atomic E-state index is 11.9. The molecule has 0 atom stereocenters. The molecule has 0 spiro atoms. The van der Waals surface area contributed by atoms with Gasteiger partial charge in [0.05, 0.1) is 18.1 Å². The molecule has 0 bridgehead atoms. The zero-order valence-corrected chi connectivity index (χ0v) is 22.0. The minimum absolute atomic E-state index is 0.0308. The van der Waals surface area contributed by atoms with Crippen molar-refractivity contribution in [2.24, 2.45) is 0 Å². The molecule has 0 aliphatic carbocycles. The van der Waals surface area contributed by atoms with Crippen molar-refractivity contribution in [2.75, 3.05) is 18.0 Å². The van der Waals surface area contributed by atoms with E-state index >= 15 is 0 Å². The Morgan fingerprint density at radius 2 is 2.05 bits per heavy atom.